The first-order valence-electron chi connectivity index (χ1n) is 6.14. The summed E-state index contributed by atoms with van der Waals surface area (Å²) in [5.74, 6) is 0. The van der Waals surface area contributed by atoms with Gasteiger partial charge in [-0.25, -0.2) is 0 Å². The first-order chi connectivity index (χ1) is 6.81. The fourth-order valence-corrected chi connectivity index (χ4v) is 1.65. The Labute approximate surface area is 96.6 Å². The van der Waals surface area contributed by atoms with Gasteiger partial charge in [-0.2, -0.15) is 0 Å². The molecule has 0 amide bonds. The molecule has 0 bridgehead atoms. The minimum absolute atomic E-state index is 0.491. The summed E-state index contributed by atoms with van der Waals surface area (Å²) in [6.07, 6.45) is 3.92. The molecule has 0 aliphatic rings. The Balaban J connectivity index is 3.37. The summed E-state index contributed by atoms with van der Waals surface area (Å²) in [4.78, 5) is 4.71. The summed E-state index contributed by atoms with van der Waals surface area (Å²) in [6.45, 7) is 10.6. The van der Waals surface area contributed by atoms with Crippen LogP contribution in [0.3, 0.4) is 0 Å². The summed E-state index contributed by atoms with van der Waals surface area (Å²) >= 11 is 0. The predicted molar refractivity (Wildman–Crippen MR) is 69.4 cm³/mol. The maximum Gasteiger partial charge on any atom is -0.000960 e. The second-order valence-corrected chi connectivity index (χ2v) is 6.12. The van der Waals surface area contributed by atoms with Crippen molar-refractivity contribution in [1.29, 1.82) is 0 Å². The van der Waals surface area contributed by atoms with Crippen LogP contribution < -0.4 is 0 Å². The van der Waals surface area contributed by atoms with Gasteiger partial charge in [0, 0.05) is 0 Å². The average molecular weight is 214 g/mol. The molecule has 0 fully saturated rings. The van der Waals surface area contributed by atoms with Gasteiger partial charge in [-0.15, -0.1) is 0 Å². The van der Waals surface area contributed by atoms with Gasteiger partial charge in [-0.1, -0.05) is 20.8 Å². The van der Waals surface area contributed by atoms with Gasteiger partial charge in [0.25, 0.3) is 0 Å². The van der Waals surface area contributed by atoms with Crippen LogP contribution in [-0.4, -0.2) is 50.6 Å². The lowest BCUT2D eigenvalue weighted by molar-refractivity contribution is 0.272. The Kier molecular flexibility index (Phi) is 7.20. The van der Waals surface area contributed by atoms with Crippen LogP contribution in [-0.2, 0) is 0 Å². The standard InChI is InChI=1S/C13H30N2/c1-13(2,3)9-7-11-15(6)12-8-10-14(4)5/h7-12H2,1-6H3. The zero-order chi connectivity index (χ0) is 11.9. The smallest absolute Gasteiger partial charge is 0.000960 e. The first-order valence-corrected chi connectivity index (χ1v) is 6.14. The maximum atomic E-state index is 2.45. The Morgan fingerprint density at radius 1 is 0.800 bits per heavy atom. The van der Waals surface area contributed by atoms with Crippen LogP contribution in [0.1, 0.15) is 40.0 Å². The number of nitrogens with zero attached hydrogens (tertiary/aromatic N) is 2. The van der Waals surface area contributed by atoms with Crippen molar-refractivity contribution in [3.63, 3.8) is 0 Å². The molecule has 0 N–H and O–H groups in total. The molecule has 92 valence electrons. The minimum Gasteiger partial charge on any atom is -0.309 e. The molecule has 0 spiro atoms. The van der Waals surface area contributed by atoms with E-state index in [1.165, 1.54) is 38.9 Å². The van der Waals surface area contributed by atoms with Gasteiger partial charge in [0.15, 0.2) is 0 Å². The zero-order valence-electron chi connectivity index (χ0n) is 11.6. The molecule has 0 saturated carbocycles. The van der Waals surface area contributed by atoms with Crippen LogP contribution in [0.4, 0.5) is 0 Å². The molecule has 0 atom stereocenters. The molecule has 0 radical (unpaired) electrons. The van der Waals surface area contributed by atoms with Crippen molar-refractivity contribution >= 4 is 0 Å². The lowest BCUT2D eigenvalue weighted by Gasteiger charge is -2.22. The fraction of sp³-hybridized carbons (Fsp3) is 1.00. The summed E-state index contributed by atoms with van der Waals surface area (Å²) < 4.78 is 0. The third-order valence-corrected chi connectivity index (χ3v) is 2.61. The summed E-state index contributed by atoms with van der Waals surface area (Å²) in [6, 6.07) is 0. The van der Waals surface area contributed by atoms with Crippen molar-refractivity contribution in [2.24, 2.45) is 5.41 Å². The molecule has 0 aromatic rings. The molecule has 0 aromatic carbocycles. The van der Waals surface area contributed by atoms with E-state index < -0.39 is 0 Å². The van der Waals surface area contributed by atoms with E-state index in [-0.39, 0.29) is 0 Å². The van der Waals surface area contributed by atoms with Crippen molar-refractivity contribution in [2.45, 2.75) is 40.0 Å². The second-order valence-electron chi connectivity index (χ2n) is 6.12. The molecule has 0 aromatic heterocycles. The Bertz CT molecular complexity index is 147. The largest absolute Gasteiger partial charge is 0.309 e. The van der Waals surface area contributed by atoms with Crippen LogP contribution in [0.15, 0.2) is 0 Å². The molecule has 0 saturated heterocycles. The minimum atomic E-state index is 0.491. The number of rotatable bonds is 7. The molecule has 2 heteroatoms. The molecule has 15 heavy (non-hydrogen) atoms. The van der Waals surface area contributed by atoms with E-state index in [0.717, 1.165) is 0 Å². The Hall–Kier alpha value is -0.0800. The third kappa shape index (κ3) is 11.8. The quantitative estimate of drug-likeness (QED) is 0.643. The van der Waals surface area contributed by atoms with Gasteiger partial charge in [-0.3, -0.25) is 0 Å². The fourth-order valence-electron chi connectivity index (χ4n) is 1.65. The molecule has 0 aliphatic heterocycles. The average Bonchev–Trinajstić information content (AvgIpc) is 2.00. The Morgan fingerprint density at radius 2 is 1.33 bits per heavy atom. The highest BCUT2D eigenvalue weighted by Crippen LogP contribution is 2.20. The van der Waals surface area contributed by atoms with E-state index in [2.05, 4.69) is 51.7 Å². The van der Waals surface area contributed by atoms with Crippen LogP contribution in [0.2, 0.25) is 0 Å². The highest BCUT2D eigenvalue weighted by molar-refractivity contribution is 4.63. The van der Waals surface area contributed by atoms with Gasteiger partial charge in [0.1, 0.15) is 0 Å². The monoisotopic (exact) mass is 214 g/mol. The summed E-state index contributed by atoms with van der Waals surface area (Å²) in [7, 11) is 6.51. The molecule has 0 unspecified atom stereocenters. The van der Waals surface area contributed by atoms with Crippen LogP contribution >= 0.6 is 0 Å². The van der Waals surface area contributed by atoms with Gasteiger partial charge in [-0.05, 0) is 65.5 Å². The van der Waals surface area contributed by atoms with E-state index in [9.17, 15) is 0 Å². The molecule has 0 rings (SSSR count). The van der Waals surface area contributed by atoms with Crippen molar-refractivity contribution in [1.82, 2.24) is 9.80 Å². The van der Waals surface area contributed by atoms with Gasteiger partial charge < -0.3 is 9.80 Å². The van der Waals surface area contributed by atoms with Crippen LogP contribution in [0.5, 0.6) is 0 Å². The lowest BCUT2D eigenvalue weighted by Crippen LogP contribution is -2.25. The highest BCUT2D eigenvalue weighted by Gasteiger charge is 2.09. The maximum absolute atomic E-state index is 2.45. The van der Waals surface area contributed by atoms with E-state index in [4.69, 9.17) is 0 Å². The first kappa shape index (κ1) is 14.9. The normalized spacial score (nSPS) is 12.8. The number of hydrogen-bond donors (Lipinski definition) is 0. The van der Waals surface area contributed by atoms with Crippen molar-refractivity contribution < 1.29 is 0 Å². The SMILES string of the molecule is CN(C)CCCN(C)CCCC(C)(C)C. The van der Waals surface area contributed by atoms with Gasteiger partial charge in [0.05, 0.1) is 0 Å². The second kappa shape index (κ2) is 7.24. The van der Waals surface area contributed by atoms with Gasteiger partial charge in [0.2, 0.25) is 0 Å². The van der Waals surface area contributed by atoms with Crippen molar-refractivity contribution in [3.05, 3.63) is 0 Å². The van der Waals surface area contributed by atoms with Crippen LogP contribution in [0, 0.1) is 5.41 Å². The Morgan fingerprint density at radius 3 is 1.80 bits per heavy atom. The van der Waals surface area contributed by atoms with E-state index in [0.29, 0.717) is 5.41 Å². The van der Waals surface area contributed by atoms with Gasteiger partial charge >= 0.3 is 0 Å². The summed E-state index contributed by atoms with van der Waals surface area (Å²) in [5.41, 5.74) is 0.491. The highest BCUT2D eigenvalue weighted by atomic mass is 15.1. The molecule has 0 heterocycles. The predicted octanol–water partition coefficient (Wildman–Crippen LogP) is 2.70. The van der Waals surface area contributed by atoms with Crippen molar-refractivity contribution in [2.75, 3.05) is 40.8 Å². The lowest BCUT2D eigenvalue weighted by atomic mass is 9.90. The van der Waals surface area contributed by atoms with Crippen molar-refractivity contribution in [3.8, 4) is 0 Å². The topological polar surface area (TPSA) is 6.48 Å². The molecular weight excluding hydrogens is 184 g/mol. The molecule has 0 aliphatic carbocycles. The van der Waals surface area contributed by atoms with E-state index in [1.54, 1.807) is 0 Å². The van der Waals surface area contributed by atoms with E-state index in [1.807, 2.05) is 0 Å². The third-order valence-electron chi connectivity index (χ3n) is 2.61. The molecule has 2 nitrogen and oxygen atoms in total. The zero-order valence-corrected chi connectivity index (χ0v) is 11.6. The molecular formula is C13H30N2. The number of hydrogen-bond acceptors (Lipinski definition) is 2. The van der Waals surface area contributed by atoms with Crippen LogP contribution in [0.25, 0.3) is 0 Å². The summed E-state index contributed by atoms with van der Waals surface area (Å²) in [5, 5.41) is 0. The van der Waals surface area contributed by atoms with E-state index >= 15 is 0 Å².